The normalized spacial score (nSPS) is 31.6. The lowest BCUT2D eigenvalue weighted by Gasteiger charge is -2.43. The van der Waals surface area contributed by atoms with Crippen molar-refractivity contribution in [2.24, 2.45) is 11.3 Å². The molecule has 0 aromatic carbocycles. The van der Waals surface area contributed by atoms with Crippen molar-refractivity contribution >= 4 is 0 Å². The van der Waals surface area contributed by atoms with Crippen LogP contribution in [0, 0.1) is 11.3 Å². The van der Waals surface area contributed by atoms with Gasteiger partial charge in [0.05, 0.1) is 6.10 Å². The van der Waals surface area contributed by atoms with Gasteiger partial charge in [-0.15, -0.1) is 0 Å². The van der Waals surface area contributed by atoms with E-state index in [-0.39, 0.29) is 6.10 Å². The molecule has 0 aromatic rings. The van der Waals surface area contributed by atoms with Crippen molar-refractivity contribution in [3.8, 4) is 0 Å². The van der Waals surface area contributed by atoms with Crippen LogP contribution in [0.25, 0.3) is 0 Å². The molecule has 2 N–H and O–H groups in total. The number of hydrogen-bond acceptors (Lipinski definition) is 3. The average molecular weight is 282 g/mol. The molecule has 0 bridgehead atoms. The minimum absolute atomic E-state index is 0.182. The molecule has 3 heteroatoms. The highest BCUT2D eigenvalue weighted by molar-refractivity contribution is 4.90. The number of nitrogens with zero attached hydrogens (tertiary/aromatic N) is 1. The lowest BCUT2D eigenvalue weighted by molar-refractivity contribution is 0.0287. The Balaban J connectivity index is 1.93. The number of piperidine rings is 1. The van der Waals surface area contributed by atoms with Crippen molar-refractivity contribution in [1.82, 2.24) is 10.2 Å². The Morgan fingerprint density at radius 1 is 1.20 bits per heavy atom. The molecule has 0 aromatic heterocycles. The molecule has 2 fully saturated rings. The molecule has 1 saturated carbocycles. The molecular formula is C17H34N2O. The summed E-state index contributed by atoms with van der Waals surface area (Å²) < 4.78 is 0. The van der Waals surface area contributed by atoms with Crippen LogP contribution in [0.2, 0.25) is 0 Å². The van der Waals surface area contributed by atoms with Gasteiger partial charge in [0.2, 0.25) is 0 Å². The van der Waals surface area contributed by atoms with E-state index >= 15 is 0 Å². The van der Waals surface area contributed by atoms with Crippen LogP contribution in [0.4, 0.5) is 0 Å². The van der Waals surface area contributed by atoms with Gasteiger partial charge in [0.25, 0.3) is 0 Å². The molecule has 118 valence electrons. The second-order valence-corrected chi connectivity index (χ2v) is 8.27. The van der Waals surface area contributed by atoms with Crippen LogP contribution in [-0.2, 0) is 0 Å². The standard InChI is InChI=1S/C17H34N2O/c1-13(20)14-9-15(18-12-17(2,3)4)11-19(10-14)16-7-5-6-8-16/h13-16,18,20H,5-12H2,1-4H3. The zero-order chi connectivity index (χ0) is 14.8. The highest BCUT2D eigenvalue weighted by Gasteiger charge is 2.34. The number of likely N-dealkylation sites (tertiary alicyclic amines) is 1. The Hall–Kier alpha value is -0.120. The van der Waals surface area contributed by atoms with Crippen LogP contribution in [-0.4, -0.2) is 47.8 Å². The quantitative estimate of drug-likeness (QED) is 0.832. The fourth-order valence-corrected chi connectivity index (χ4v) is 3.69. The summed E-state index contributed by atoms with van der Waals surface area (Å²) in [5, 5.41) is 13.8. The van der Waals surface area contributed by atoms with Crippen LogP contribution in [0.1, 0.15) is 59.8 Å². The van der Waals surface area contributed by atoms with Gasteiger partial charge >= 0.3 is 0 Å². The first-order valence-electron chi connectivity index (χ1n) is 8.50. The van der Waals surface area contributed by atoms with E-state index in [1.165, 1.54) is 32.2 Å². The number of rotatable bonds is 4. The smallest absolute Gasteiger partial charge is 0.0553 e. The summed E-state index contributed by atoms with van der Waals surface area (Å²) in [4.78, 5) is 2.66. The lowest BCUT2D eigenvalue weighted by Crippen LogP contribution is -2.54. The van der Waals surface area contributed by atoms with E-state index in [4.69, 9.17) is 0 Å². The maximum absolute atomic E-state index is 10.0. The third-order valence-corrected chi connectivity index (χ3v) is 4.96. The van der Waals surface area contributed by atoms with Gasteiger partial charge in [-0.05, 0) is 37.5 Å². The summed E-state index contributed by atoms with van der Waals surface area (Å²) in [5.41, 5.74) is 0.329. The molecule has 0 amide bonds. The second-order valence-electron chi connectivity index (χ2n) is 8.27. The first-order valence-corrected chi connectivity index (χ1v) is 8.50. The van der Waals surface area contributed by atoms with Gasteiger partial charge in [0.1, 0.15) is 0 Å². The van der Waals surface area contributed by atoms with Crippen LogP contribution >= 0.6 is 0 Å². The second kappa shape index (κ2) is 6.76. The number of aliphatic hydroxyl groups is 1. The Morgan fingerprint density at radius 2 is 1.85 bits per heavy atom. The molecule has 2 rings (SSSR count). The van der Waals surface area contributed by atoms with Crippen molar-refractivity contribution in [2.75, 3.05) is 19.6 Å². The fraction of sp³-hybridized carbons (Fsp3) is 1.00. The van der Waals surface area contributed by atoms with E-state index in [0.717, 1.165) is 25.6 Å². The Labute approximate surface area is 125 Å². The largest absolute Gasteiger partial charge is 0.393 e. The third kappa shape index (κ3) is 4.71. The summed E-state index contributed by atoms with van der Waals surface area (Å²) in [7, 11) is 0. The van der Waals surface area contributed by atoms with Gasteiger partial charge in [-0.2, -0.15) is 0 Å². The molecule has 1 heterocycles. The molecule has 1 aliphatic heterocycles. The predicted molar refractivity (Wildman–Crippen MR) is 84.9 cm³/mol. The van der Waals surface area contributed by atoms with E-state index in [9.17, 15) is 5.11 Å². The van der Waals surface area contributed by atoms with Crippen molar-refractivity contribution in [3.05, 3.63) is 0 Å². The average Bonchev–Trinajstić information content (AvgIpc) is 2.89. The number of hydrogen-bond donors (Lipinski definition) is 2. The highest BCUT2D eigenvalue weighted by Crippen LogP contribution is 2.29. The fourth-order valence-electron chi connectivity index (χ4n) is 3.69. The minimum Gasteiger partial charge on any atom is -0.393 e. The maximum atomic E-state index is 10.0. The van der Waals surface area contributed by atoms with Crippen LogP contribution in [0.5, 0.6) is 0 Å². The Morgan fingerprint density at radius 3 is 2.40 bits per heavy atom. The van der Waals surface area contributed by atoms with Gasteiger partial charge in [0, 0.05) is 31.7 Å². The van der Waals surface area contributed by atoms with Crippen molar-refractivity contribution in [2.45, 2.75) is 78.0 Å². The van der Waals surface area contributed by atoms with Crippen LogP contribution in [0.3, 0.4) is 0 Å². The van der Waals surface area contributed by atoms with Crippen molar-refractivity contribution in [1.29, 1.82) is 0 Å². The molecule has 3 nitrogen and oxygen atoms in total. The molecule has 3 atom stereocenters. The van der Waals surface area contributed by atoms with Gasteiger partial charge in [0.15, 0.2) is 0 Å². The maximum Gasteiger partial charge on any atom is 0.0553 e. The molecular weight excluding hydrogens is 248 g/mol. The minimum atomic E-state index is -0.182. The first-order chi connectivity index (χ1) is 9.35. The lowest BCUT2D eigenvalue weighted by atomic mass is 9.88. The van der Waals surface area contributed by atoms with Crippen molar-refractivity contribution in [3.63, 3.8) is 0 Å². The summed E-state index contributed by atoms with van der Waals surface area (Å²) >= 11 is 0. The van der Waals surface area contributed by atoms with Gasteiger partial charge in [-0.1, -0.05) is 33.6 Å². The number of nitrogens with one attached hydrogen (secondary N) is 1. The van der Waals surface area contributed by atoms with E-state index in [1.807, 2.05) is 6.92 Å². The predicted octanol–water partition coefficient (Wildman–Crippen LogP) is 2.64. The molecule has 0 spiro atoms. The molecule has 0 radical (unpaired) electrons. The Bertz CT molecular complexity index is 292. The summed E-state index contributed by atoms with van der Waals surface area (Å²) in [6.07, 6.45) is 6.44. The van der Waals surface area contributed by atoms with Gasteiger partial charge < -0.3 is 10.4 Å². The molecule has 2 aliphatic rings. The topological polar surface area (TPSA) is 35.5 Å². The first kappa shape index (κ1) is 16.3. The molecule has 1 aliphatic carbocycles. The van der Waals surface area contributed by atoms with E-state index in [1.54, 1.807) is 0 Å². The van der Waals surface area contributed by atoms with Gasteiger partial charge in [-0.3, -0.25) is 4.90 Å². The van der Waals surface area contributed by atoms with E-state index in [0.29, 0.717) is 17.4 Å². The third-order valence-electron chi connectivity index (χ3n) is 4.96. The summed E-state index contributed by atoms with van der Waals surface area (Å²) in [6, 6.07) is 1.32. The highest BCUT2D eigenvalue weighted by atomic mass is 16.3. The molecule has 3 unspecified atom stereocenters. The SMILES string of the molecule is CC(O)C1CC(NCC(C)(C)C)CN(C2CCCC2)C1. The van der Waals surface area contributed by atoms with Crippen molar-refractivity contribution < 1.29 is 5.11 Å². The zero-order valence-electron chi connectivity index (χ0n) is 13.9. The Kier molecular flexibility index (Phi) is 5.49. The molecule has 1 saturated heterocycles. The van der Waals surface area contributed by atoms with Crippen LogP contribution < -0.4 is 5.32 Å². The zero-order valence-corrected chi connectivity index (χ0v) is 13.9. The molecule has 20 heavy (non-hydrogen) atoms. The summed E-state index contributed by atoms with van der Waals surface area (Å²) in [6.45, 7) is 12.1. The monoisotopic (exact) mass is 282 g/mol. The van der Waals surface area contributed by atoms with E-state index in [2.05, 4.69) is 31.0 Å². The van der Waals surface area contributed by atoms with Crippen LogP contribution in [0.15, 0.2) is 0 Å². The summed E-state index contributed by atoms with van der Waals surface area (Å²) in [5.74, 6) is 0.432. The van der Waals surface area contributed by atoms with Gasteiger partial charge in [-0.25, -0.2) is 0 Å². The number of aliphatic hydroxyl groups excluding tert-OH is 1. The van der Waals surface area contributed by atoms with E-state index < -0.39 is 0 Å².